The number of carbonyl (C=O) groups excluding carboxylic acids is 2. The third kappa shape index (κ3) is 6.08. The first-order valence-electron chi connectivity index (χ1n) is 7.62. The number of nitrogens with one attached hydrogen (secondary N) is 1. The predicted molar refractivity (Wildman–Crippen MR) is 74.7 cm³/mol. The van der Waals surface area contributed by atoms with Gasteiger partial charge in [-0.2, -0.15) is 0 Å². The highest BCUT2D eigenvalue weighted by molar-refractivity contribution is 5.76. The fraction of sp³-hybridized carbons (Fsp3) is 0.867. The van der Waals surface area contributed by atoms with Crippen LogP contribution < -0.4 is 5.32 Å². The average Bonchev–Trinajstić information content (AvgIpc) is 2.38. The van der Waals surface area contributed by atoms with Gasteiger partial charge in [0.15, 0.2) is 0 Å². The Morgan fingerprint density at radius 3 is 2.47 bits per heavy atom. The molecule has 4 nitrogen and oxygen atoms in total. The summed E-state index contributed by atoms with van der Waals surface area (Å²) in [5, 5.41) is 3.10. The van der Waals surface area contributed by atoms with E-state index in [4.69, 9.17) is 4.74 Å². The Balaban J connectivity index is 2.39. The molecular formula is C15H27NO3. The number of esters is 1. The molecule has 0 bridgehead atoms. The Morgan fingerprint density at radius 1 is 1.11 bits per heavy atom. The summed E-state index contributed by atoms with van der Waals surface area (Å²) in [7, 11) is 0. The molecule has 1 N–H and O–H groups in total. The van der Waals surface area contributed by atoms with E-state index in [1.54, 1.807) is 0 Å². The van der Waals surface area contributed by atoms with Crippen LogP contribution in [0.5, 0.6) is 0 Å². The van der Waals surface area contributed by atoms with Crippen molar-refractivity contribution >= 4 is 11.9 Å². The summed E-state index contributed by atoms with van der Waals surface area (Å²) < 4.78 is 5.30. The van der Waals surface area contributed by atoms with Gasteiger partial charge in [0.05, 0.1) is 6.61 Å². The number of hydrogen-bond donors (Lipinski definition) is 1. The maximum Gasteiger partial charge on any atom is 0.305 e. The summed E-state index contributed by atoms with van der Waals surface area (Å²) in [5.74, 6) is 0.293. The molecule has 1 saturated carbocycles. The lowest BCUT2D eigenvalue weighted by atomic mass is 9.85. The molecule has 0 radical (unpaired) electrons. The van der Waals surface area contributed by atoms with Gasteiger partial charge in [0.1, 0.15) is 0 Å². The van der Waals surface area contributed by atoms with Crippen molar-refractivity contribution in [3.05, 3.63) is 0 Å². The SMILES string of the molecule is CCCC(=O)N[C@H]1CCCC[C@H]1COC(=O)CCC. The van der Waals surface area contributed by atoms with Crippen molar-refractivity contribution in [2.24, 2.45) is 5.92 Å². The van der Waals surface area contributed by atoms with Gasteiger partial charge < -0.3 is 10.1 Å². The minimum Gasteiger partial charge on any atom is -0.465 e. The summed E-state index contributed by atoms with van der Waals surface area (Å²) in [6.45, 7) is 4.43. The van der Waals surface area contributed by atoms with Gasteiger partial charge in [-0.15, -0.1) is 0 Å². The van der Waals surface area contributed by atoms with Gasteiger partial charge in [0, 0.05) is 24.8 Å². The molecule has 0 unspecified atom stereocenters. The number of carbonyl (C=O) groups is 2. The molecule has 1 aliphatic rings. The van der Waals surface area contributed by atoms with E-state index in [1.807, 2.05) is 13.8 Å². The van der Waals surface area contributed by atoms with Crippen molar-refractivity contribution in [2.75, 3.05) is 6.61 Å². The highest BCUT2D eigenvalue weighted by Crippen LogP contribution is 2.25. The quantitative estimate of drug-likeness (QED) is 0.723. The highest BCUT2D eigenvalue weighted by atomic mass is 16.5. The molecule has 0 heterocycles. The van der Waals surface area contributed by atoms with Gasteiger partial charge >= 0.3 is 5.97 Å². The van der Waals surface area contributed by atoms with Gasteiger partial charge in [-0.3, -0.25) is 9.59 Å². The third-order valence-electron chi connectivity index (χ3n) is 3.65. The van der Waals surface area contributed by atoms with Crippen LogP contribution in [0.4, 0.5) is 0 Å². The van der Waals surface area contributed by atoms with E-state index in [0.717, 1.165) is 38.5 Å². The molecule has 1 amide bonds. The van der Waals surface area contributed by atoms with E-state index in [2.05, 4.69) is 5.32 Å². The molecule has 1 fully saturated rings. The van der Waals surface area contributed by atoms with Crippen molar-refractivity contribution < 1.29 is 14.3 Å². The molecule has 1 rings (SSSR count). The average molecular weight is 269 g/mol. The smallest absolute Gasteiger partial charge is 0.305 e. The first kappa shape index (κ1) is 16.0. The van der Waals surface area contributed by atoms with Crippen molar-refractivity contribution in [1.29, 1.82) is 0 Å². The third-order valence-corrected chi connectivity index (χ3v) is 3.65. The van der Waals surface area contributed by atoms with Crippen molar-refractivity contribution in [3.63, 3.8) is 0 Å². The van der Waals surface area contributed by atoms with Gasteiger partial charge in [0.25, 0.3) is 0 Å². The minimum atomic E-state index is -0.119. The summed E-state index contributed by atoms with van der Waals surface area (Å²) in [4.78, 5) is 23.1. The number of rotatable bonds is 7. The Bertz CT molecular complexity index is 291. The molecule has 0 aromatic rings. The highest BCUT2D eigenvalue weighted by Gasteiger charge is 2.27. The van der Waals surface area contributed by atoms with Crippen LogP contribution in [0, 0.1) is 5.92 Å². The normalized spacial score (nSPS) is 22.8. The zero-order valence-corrected chi connectivity index (χ0v) is 12.2. The first-order valence-corrected chi connectivity index (χ1v) is 7.62. The number of hydrogen-bond acceptors (Lipinski definition) is 3. The van der Waals surface area contributed by atoms with Crippen molar-refractivity contribution in [2.45, 2.75) is 71.3 Å². The number of amides is 1. The van der Waals surface area contributed by atoms with Gasteiger partial charge in [-0.05, 0) is 25.7 Å². The Labute approximate surface area is 116 Å². The fourth-order valence-corrected chi connectivity index (χ4v) is 2.58. The minimum absolute atomic E-state index is 0.119. The molecule has 0 saturated heterocycles. The zero-order chi connectivity index (χ0) is 14.1. The molecule has 19 heavy (non-hydrogen) atoms. The van der Waals surface area contributed by atoms with E-state index >= 15 is 0 Å². The van der Waals surface area contributed by atoms with E-state index in [1.165, 1.54) is 0 Å². The molecule has 0 aromatic heterocycles. The molecule has 4 heteroatoms. The Kier molecular flexibility index (Phi) is 7.53. The number of ether oxygens (including phenoxy) is 1. The lowest BCUT2D eigenvalue weighted by Crippen LogP contribution is -2.43. The monoisotopic (exact) mass is 269 g/mol. The van der Waals surface area contributed by atoms with Gasteiger partial charge in [-0.1, -0.05) is 26.7 Å². The summed E-state index contributed by atoms with van der Waals surface area (Å²) in [6, 6.07) is 0.183. The lowest BCUT2D eigenvalue weighted by molar-refractivity contribution is -0.145. The van der Waals surface area contributed by atoms with Crippen molar-refractivity contribution in [1.82, 2.24) is 5.32 Å². The van der Waals surface area contributed by atoms with Crippen LogP contribution in [0.1, 0.15) is 65.2 Å². The van der Waals surface area contributed by atoms with Crippen LogP contribution in [0.15, 0.2) is 0 Å². The van der Waals surface area contributed by atoms with Crippen LogP contribution in [-0.4, -0.2) is 24.5 Å². The maximum atomic E-state index is 11.7. The van der Waals surface area contributed by atoms with Crippen LogP contribution in [0.3, 0.4) is 0 Å². The Morgan fingerprint density at radius 2 is 1.79 bits per heavy atom. The molecule has 1 aliphatic carbocycles. The standard InChI is InChI=1S/C15H27NO3/c1-3-7-14(17)16-13-10-6-5-9-12(13)11-19-15(18)8-4-2/h12-13H,3-11H2,1-2H3,(H,16,17)/t12-,13-/m0/s1. The topological polar surface area (TPSA) is 55.4 Å². The predicted octanol–water partition coefficient (Wildman–Crippen LogP) is 2.80. The molecule has 2 atom stereocenters. The van der Waals surface area contributed by atoms with E-state index in [9.17, 15) is 9.59 Å². The zero-order valence-electron chi connectivity index (χ0n) is 12.2. The maximum absolute atomic E-state index is 11.7. The van der Waals surface area contributed by atoms with E-state index < -0.39 is 0 Å². The van der Waals surface area contributed by atoms with Crippen LogP contribution in [0.25, 0.3) is 0 Å². The second-order valence-corrected chi connectivity index (χ2v) is 5.40. The molecular weight excluding hydrogens is 242 g/mol. The fourth-order valence-electron chi connectivity index (χ4n) is 2.58. The summed E-state index contributed by atoms with van der Waals surface area (Å²) in [5.41, 5.74) is 0. The summed E-state index contributed by atoms with van der Waals surface area (Å²) >= 11 is 0. The van der Waals surface area contributed by atoms with E-state index in [-0.39, 0.29) is 23.8 Å². The molecule has 0 aliphatic heterocycles. The van der Waals surface area contributed by atoms with Crippen LogP contribution in [-0.2, 0) is 14.3 Å². The van der Waals surface area contributed by atoms with Crippen LogP contribution >= 0.6 is 0 Å². The molecule has 0 spiro atoms. The first-order chi connectivity index (χ1) is 9.17. The van der Waals surface area contributed by atoms with E-state index in [0.29, 0.717) is 19.4 Å². The Hall–Kier alpha value is -1.06. The lowest BCUT2D eigenvalue weighted by Gasteiger charge is -2.31. The molecule has 110 valence electrons. The van der Waals surface area contributed by atoms with Crippen LogP contribution in [0.2, 0.25) is 0 Å². The van der Waals surface area contributed by atoms with Gasteiger partial charge in [-0.25, -0.2) is 0 Å². The van der Waals surface area contributed by atoms with Crippen molar-refractivity contribution in [3.8, 4) is 0 Å². The molecule has 0 aromatic carbocycles. The largest absolute Gasteiger partial charge is 0.465 e. The second-order valence-electron chi connectivity index (χ2n) is 5.40. The van der Waals surface area contributed by atoms with Gasteiger partial charge in [0.2, 0.25) is 5.91 Å². The second kappa shape index (κ2) is 8.94. The summed E-state index contributed by atoms with van der Waals surface area (Å²) in [6.07, 6.45) is 7.11.